The van der Waals surface area contributed by atoms with Crippen molar-refractivity contribution in [3.05, 3.63) is 53.2 Å². The number of nitrogens with one attached hydrogen (secondary N) is 2. The zero-order valence-electron chi connectivity index (χ0n) is 18.0. The molecule has 0 spiro atoms. The molecule has 1 amide bonds. The highest BCUT2D eigenvalue weighted by Crippen LogP contribution is 2.22. The third-order valence-electron chi connectivity index (χ3n) is 4.89. The largest absolute Gasteiger partial charge is 0.357 e. The first-order valence-corrected chi connectivity index (χ1v) is 10.7. The Kier molecular flexibility index (Phi) is 10.3. The Balaban J connectivity index is 0.00000341. The van der Waals surface area contributed by atoms with Gasteiger partial charge in [0.25, 0.3) is 0 Å². The fraction of sp³-hybridized carbons (Fsp3) is 0.409. The molecule has 1 saturated heterocycles. The van der Waals surface area contributed by atoms with Gasteiger partial charge < -0.3 is 20.4 Å². The number of anilines is 2. The molecule has 2 aromatic rings. The summed E-state index contributed by atoms with van der Waals surface area (Å²) in [5, 5.41) is 6.74. The number of hydrogen-bond donors (Lipinski definition) is 2. The summed E-state index contributed by atoms with van der Waals surface area (Å²) < 4.78 is 0. The molecule has 1 aliphatic heterocycles. The molecule has 2 heterocycles. The van der Waals surface area contributed by atoms with Gasteiger partial charge in [0, 0.05) is 45.3 Å². The number of aromatic nitrogens is 1. The summed E-state index contributed by atoms with van der Waals surface area (Å²) in [6, 6.07) is 11.6. The van der Waals surface area contributed by atoms with Crippen molar-refractivity contribution in [3.63, 3.8) is 0 Å². The van der Waals surface area contributed by atoms with Gasteiger partial charge in [-0.25, -0.2) is 4.98 Å². The SMILES string of the molecule is CCNC(=NCCC(=O)Nc1ccc(C)cc1Cl)N1CCN(c2ccccn2)CC1.I. The molecule has 0 unspecified atom stereocenters. The Hall–Kier alpha value is -2.07. The molecule has 1 aromatic carbocycles. The number of carbonyl (C=O) groups is 1. The van der Waals surface area contributed by atoms with Crippen molar-refractivity contribution < 1.29 is 4.79 Å². The van der Waals surface area contributed by atoms with Gasteiger partial charge in [0.2, 0.25) is 5.91 Å². The number of piperazine rings is 1. The molecule has 168 valence electrons. The predicted octanol–water partition coefficient (Wildman–Crippen LogP) is 3.78. The van der Waals surface area contributed by atoms with Gasteiger partial charge in [0.15, 0.2) is 5.96 Å². The minimum absolute atomic E-state index is 0. The van der Waals surface area contributed by atoms with Gasteiger partial charge in [-0.3, -0.25) is 9.79 Å². The minimum Gasteiger partial charge on any atom is -0.357 e. The number of rotatable bonds is 6. The molecule has 1 aliphatic rings. The Labute approximate surface area is 206 Å². The third-order valence-corrected chi connectivity index (χ3v) is 5.20. The zero-order chi connectivity index (χ0) is 21.3. The maximum absolute atomic E-state index is 12.3. The van der Waals surface area contributed by atoms with Crippen LogP contribution in [0.3, 0.4) is 0 Å². The number of nitrogens with zero attached hydrogens (tertiary/aromatic N) is 4. The smallest absolute Gasteiger partial charge is 0.226 e. The molecular formula is C22H30ClIN6O. The van der Waals surface area contributed by atoms with Crippen molar-refractivity contribution in [1.82, 2.24) is 15.2 Å². The Morgan fingerprint density at radius 2 is 1.97 bits per heavy atom. The first-order valence-electron chi connectivity index (χ1n) is 10.3. The molecule has 0 bridgehead atoms. The van der Waals surface area contributed by atoms with Crippen LogP contribution in [0.4, 0.5) is 11.5 Å². The van der Waals surface area contributed by atoms with E-state index in [1.54, 1.807) is 0 Å². The lowest BCUT2D eigenvalue weighted by molar-refractivity contribution is -0.116. The van der Waals surface area contributed by atoms with E-state index >= 15 is 0 Å². The van der Waals surface area contributed by atoms with E-state index in [2.05, 4.69) is 30.4 Å². The number of benzene rings is 1. The van der Waals surface area contributed by atoms with Crippen LogP contribution in [-0.2, 0) is 4.79 Å². The number of pyridine rings is 1. The van der Waals surface area contributed by atoms with Crippen LogP contribution in [-0.4, -0.2) is 61.0 Å². The number of amides is 1. The first-order chi connectivity index (χ1) is 14.6. The number of aryl methyl sites for hydroxylation is 1. The monoisotopic (exact) mass is 556 g/mol. The lowest BCUT2D eigenvalue weighted by atomic mass is 10.2. The molecule has 7 nitrogen and oxygen atoms in total. The maximum atomic E-state index is 12.3. The highest BCUT2D eigenvalue weighted by atomic mass is 127. The van der Waals surface area contributed by atoms with Gasteiger partial charge in [-0.05, 0) is 43.7 Å². The number of hydrogen-bond acceptors (Lipinski definition) is 4. The molecule has 2 N–H and O–H groups in total. The van der Waals surface area contributed by atoms with Crippen LogP contribution >= 0.6 is 35.6 Å². The topological polar surface area (TPSA) is 72.9 Å². The standard InChI is InChI=1S/C22H29ClN6O.HI/c1-3-24-22(29-14-12-28(13-15-29)20-6-4-5-10-25-20)26-11-9-21(30)27-19-8-7-17(2)16-18(19)23;/h4-8,10,16H,3,9,11-15H2,1-2H3,(H,24,26)(H,27,30);1H. The number of halogens is 2. The Bertz CT molecular complexity index is 872. The second-order valence-corrected chi connectivity index (χ2v) is 7.59. The molecule has 0 saturated carbocycles. The molecule has 0 aliphatic carbocycles. The van der Waals surface area contributed by atoms with Crippen molar-refractivity contribution in [3.8, 4) is 0 Å². The third kappa shape index (κ3) is 7.53. The van der Waals surface area contributed by atoms with E-state index < -0.39 is 0 Å². The van der Waals surface area contributed by atoms with Crippen LogP contribution in [0.5, 0.6) is 0 Å². The summed E-state index contributed by atoms with van der Waals surface area (Å²) >= 11 is 6.19. The molecule has 0 radical (unpaired) electrons. The van der Waals surface area contributed by atoms with E-state index in [0.717, 1.165) is 50.1 Å². The molecule has 9 heteroatoms. The second-order valence-electron chi connectivity index (χ2n) is 7.18. The summed E-state index contributed by atoms with van der Waals surface area (Å²) in [6.45, 7) is 8.68. The van der Waals surface area contributed by atoms with Crippen molar-refractivity contribution in [2.45, 2.75) is 20.3 Å². The van der Waals surface area contributed by atoms with Crippen molar-refractivity contribution >= 4 is 58.9 Å². The van der Waals surface area contributed by atoms with E-state index in [9.17, 15) is 4.79 Å². The van der Waals surface area contributed by atoms with Crippen LogP contribution < -0.4 is 15.5 Å². The van der Waals surface area contributed by atoms with Crippen LogP contribution in [0, 0.1) is 6.92 Å². The van der Waals surface area contributed by atoms with Crippen LogP contribution in [0.2, 0.25) is 5.02 Å². The Morgan fingerprint density at radius 1 is 1.19 bits per heavy atom. The summed E-state index contributed by atoms with van der Waals surface area (Å²) in [4.78, 5) is 25.9. The van der Waals surface area contributed by atoms with Gasteiger partial charge in [-0.15, -0.1) is 24.0 Å². The summed E-state index contributed by atoms with van der Waals surface area (Å²) in [6.07, 6.45) is 2.12. The van der Waals surface area contributed by atoms with E-state index in [-0.39, 0.29) is 29.9 Å². The van der Waals surface area contributed by atoms with E-state index in [1.807, 2.05) is 56.4 Å². The fourth-order valence-electron chi connectivity index (χ4n) is 3.31. The van der Waals surface area contributed by atoms with E-state index in [4.69, 9.17) is 11.6 Å². The summed E-state index contributed by atoms with van der Waals surface area (Å²) in [5.41, 5.74) is 1.69. The Morgan fingerprint density at radius 3 is 2.61 bits per heavy atom. The molecule has 0 atom stereocenters. The van der Waals surface area contributed by atoms with Crippen molar-refractivity contribution in [2.24, 2.45) is 4.99 Å². The van der Waals surface area contributed by atoms with E-state index in [0.29, 0.717) is 23.7 Å². The van der Waals surface area contributed by atoms with Gasteiger partial charge >= 0.3 is 0 Å². The van der Waals surface area contributed by atoms with Gasteiger partial charge in [0.05, 0.1) is 17.3 Å². The molecule has 3 rings (SSSR count). The molecular weight excluding hydrogens is 527 g/mol. The molecule has 31 heavy (non-hydrogen) atoms. The average Bonchev–Trinajstić information content (AvgIpc) is 2.76. The van der Waals surface area contributed by atoms with Crippen molar-refractivity contribution in [1.29, 1.82) is 0 Å². The maximum Gasteiger partial charge on any atom is 0.226 e. The van der Waals surface area contributed by atoms with Crippen LogP contribution in [0.25, 0.3) is 0 Å². The van der Waals surface area contributed by atoms with Crippen LogP contribution in [0.15, 0.2) is 47.6 Å². The quantitative estimate of drug-likeness (QED) is 0.322. The van der Waals surface area contributed by atoms with Gasteiger partial charge in [-0.2, -0.15) is 0 Å². The lowest BCUT2D eigenvalue weighted by Gasteiger charge is -2.37. The van der Waals surface area contributed by atoms with Crippen molar-refractivity contribution in [2.75, 3.05) is 49.5 Å². The number of aliphatic imine (C=N–C) groups is 1. The first kappa shape index (κ1) is 25.2. The minimum atomic E-state index is -0.0969. The number of guanidine groups is 1. The zero-order valence-corrected chi connectivity index (χ0v) is 21.1. The van der Waals surface area contributed by atoms with Gasteiger partial charge in [-0.1, -0.05) is 23.7 Å². The predicted molar refractivity (Wildman–Crippen MR) is 139 cm³/mol. The highest BCUT2D eigenvalue weighted by Gasteiger charge is 2.20. The molecule has 1 fully saturated rings. The fourth-order valence-corrected chi connectivity index (χ4v) is 3.59. The molecule has 1 aromatic heterocycles. The second kappa shape index (κ2) is 12.7. The average molecular weight is 557 g/mol. The summed E-state index contributed by atoms with van der Waals surface area (Å²) in [5.74, 6) is 1.75. The van der Waals surface area contributed by atoms with Crippen LogP contribution in [0.1, 0.15) is 18.9 Å². The van der Waals surface area contributed by atoms with E-state index in [1.165, 1.54) is 0 Å². The number of carbonyl (C=O) groups excluding carboxylic acids is 1. The lowest BCUT2D eigenvalue weighted by Crippen LogP contribution is -2.52. The summed E-state index contributed by atoms with van der Waals surface area (Å²) in [7, 11) is 0. The van der Waals surface area contributed by atoms with Gasteiger partial charge in [0.1, 0.15) is 5.82 Å². The highest BCUT2D eigenvalue weighted by molar-refractivity contribution is 14.0. The normalized spacial score (nSPS) is 14.1.